The van der Waals surface area contributed by atoms with E-state index < -0.39 is 0 Å². The van der Waals surface area contributed by atoms with Crippen LogP contribution in [0.25, 0.3) is 0 Å². The zero-order valence-corrected chi connectivity index (χ0v) is 19.4. The second-order valence-corrected chi connectivity index (χ2v) is 6.59. The molecule has 0 heterocycles. The number of hydrogen-bond donors (Lipinski definition) is 0. The maximum Gasteiger partial charge on any atom is -0.00201 e. The van der Waals surface area contributed by atoms with Crippen LogP contribution in [0.1, 0.15) is 100 Å². The van der Waals surface area contributed by atoms with E-state index in [9.17, 15) is 0 Å². The first kappa shape index (κ1) is 25.4. The number of allylic oxidation sites excluding steroid dienone is 12. The predicted molar refractivity (Wildman–Crippen MR) is 126 cm³/mol. The summed E-state index contributed by atoms with van der Waals surface area (Å²) in [5.41, 5.74) is 9.25. The van der Waals surface area contributed by atoms with Crippen molar-refractivity contribution in [3.05, 3.63) is 69.9 Å². The zero-order valence-electron chi connectivity index (χ0n) is 19.4. The highest BCUT2D eigenvalue weighted by atomic mass is 14.2. The highest BCUT2D eigenvalue weighted by molar-refractivity contribution is 5.55. The second-order valence-electron chi connectivity index (χ2n) is 6.59. The fourth-order valence-corrected chi connectivity index (χ4v) is 3.42. The van der Waals surface area contributed by atoms with Gasteiger partial charge in [-0.05, 0) is 61.3 Å². The lowest BCUT2D eigenvalue weighted by Crippen LogP contribution is -1.91. The van der Waals surface area contributed by atoms with Crippen LogP contribution < -0.4 is 0 Å². The maximum atomic E-state index is 2.37. The molecule has 27 heavy (non-hydrogen) atoms. The molecule has 0 aromatic heterocycles. The lowest BCUT2D eigenvalue weighted by Gasteiger charge is -2.09. The van der Waals surface area contributed by atoms with Crippen molar-refractivity contribution in [2.45, 2.75) is 100 Å². The van der Waals surface area contributed by atoms with Crippen molar-refractivity contribution >= 4 is 0 Å². The molecule has 3 aliphatic rings. The third kappa shape index (κ3) is 8.33. The molecule has 3 rings (SSSR count). The average Bonchev–Trinajstić information content (AvgIpc) is 3.47. The Hall–Kier alpha value is -1.56. The summed E-state index contributed by atoms with van der Waals surface area (Å²) in [5, 5.41) is 0. The molecule has 0 amide bonds. The molecule has 0 aromatic carbocycles. The van der Waals surface area contributed by atoms with Gasteiger partial charge < -0.3 is 0 Å². The van der Waals surface area contributed by atoms with Gasteiger partial charge in [-0.3, -0.25) is 0 Å². The topological polar surface area (TPSA) is 0 Å². The van der Waals surface area contributed by atoms with Crippen LogP contribution in [0.2, 0.25) is 0 Å². The van der Waals surface area contributed by atoms with Gasteiger partial charge in [0.1, 0.15) is 0 Å². The molecule has 0 saturated heterocycles. The molecule has 0 aliphatic heterocycles. The van der Waals surface area contributed by atoms with Gasteiger partial charge in [0.05, 0.1) is 0 Å². The number of rotatable bonds is 6. The molecule has 0 heteroatoms. The molecule has 152 valence electrons. The third-order valence-electron chi connectivity index (χ3n) is 4.77. The van der Waals surface area contributed by atoms with Gasteiger partial charge in [-0.1, -0.05) is 109 Å². The van der Waals surface area contributed by atoms with Crippen LogP contribution in [0.5, 0.6) is 0 Å². The smallest absolute Gasteiger partial charge is 0.00201 e. The predicted octanol–water partition coefficient (Wildman–Crippen LogP) is 9.43. The molecule has 0 radical (unpaired) electrons. The summed E-state index contributed by atoms with van der Waals surface area (Å²) in [7, 11) is 0. The molecular formula is C27H44. The van der Waals surface area contributed by atoms with E-state index in [0.29, 0.717) is 0 Å². The van der Waals surface area contributed by atoms with E-state index in [1.165, 1.54) is 54.4 Å². The third-order valence-corrected chi connectivity index (χ3v) is 4.77. The summed E-state index contributed by atoms with van der Waals surface area (Å²) in [4.78, 5) is 0. The molecule has 0 bridgehead atoms. The largest absolute Gasteiger partial charge is 0.0689 e. The van der Waals surface area contributed by atoms with Crippen molar-refractivity contribution in [1.82, 2.24) is 0 Å². The van der Waals surface area contributed by atoms with Crippen molar-refractivity contribution in [3.63, 3.8) is 0 Å². The molecule has 3 aliphatic carbocycles. The van der Waals surface area contributed by atoms with Crippen molar-refractivity contribution in [2.24, 2.45) is 0 Å². The van der Waals surface area contributed by atoms with E-state index in [4.69, 9.17) is 0 Å². The molecule has 0 nitrogen and oxygen atoms in total. The molecule has 0 N–H and O–H groups in total. The fraction of sp³-hybridized carbons (Fsp3) is 0.556. The van der Waals surface area contributed by atoms with E-state index in [1.807, 2.05) is 41.5 Å². The Bertz CT molecular complexity index is 600. The van der Waals surface area contributed by atoms with Crippen LogP contribution >= 0.6 is 0 Å². The van der Waals surface area contributed by atoms with Crippen molar-refractivity contribution in [1.29, 1.82) is 0 Å². The number of unbranched alkanes of at least 4 members (excludes halogenated alkanes) is 2. The summed E-state index contributed by atoms with van der Waals surface area (Å²) in [6, 6.07) is 0. The highest BCUT2D eigenvalue weighted by Crippen LogP contribution is 2.38. The summed E-state index contributed by atoms with van der Waals surface area (Å²) < 4.78 is 0. The van der Waals surface area contributed by atoms with Crippen LogP contribution in [-0.2, 0) is 0 Å². The Labute approximate surface area is 170 Å². The van der Waals surface area contributed by atoms with Gasteiger partial charge in [-0.2, -0.15) is 0 Å². The summed E-state index contributed by atoms with van der Waals surface area (Å²) in [6.45, 7) is 16.5. The van der Waals surface area contributed by atoms with E-state index in [0.717, 1.165) is 12.8 Å². The molecule has 0 atom stereocenters. The standard InChI is InChI=1S/C21H26.3C2H6/c1-3-4-5-6-17-8-10-19(14-17)21-12-11-20(15-21)18-9-7-16(2)13-18;3*1-2/h7-12H,3-6,13-15H2,1-2H3;3*1-2H3. The lowest BCUT2D eigenvalue weighted by molar-refractivity contribution is 0.707. The van der Waals surface area contributed by atoms with E-state index in [2.05, 4.69) is 50.3 Å². The average molecular weight is 369 g/mol. The van der Waals surface area contributed by atoms with E-state index >= 15 is 0 Å². The Kier molecular flexibility index (Phi) is 14.6. The summed E-state index contributed by atoms with van der Waals surface area (Å²) in [5.74, 6) is 0. The molecule has 0 saturated carbocycles. The minimum Gasteiger partial charge on any atom is -0.0689 e. The Morgan fingerprint density at radius 1 is 0.593 bits per heavy atom. The summed E-state index contributed by atoms with van der Waals surface area (Å²) in [6.07, 6.45) is 22.7. The Morgan fingerprint density at radius 3 is 1.59 bits per heavy atom. The van der Waals surface area contributed by atoms with E-state index in [1.54, 1.807) is 11.1 Å². The van der Waals surface area contributed by atoms with Crippen LogP contribution in [0.3, 0.4) is 0 Å². The molecule has 0 spiro atoms. The Balaban J connectivity index is 0.00000103. The van der Waals surface area contributed by atoms with Crippen molar-refractivity contribution in [2.75, 3.05) is 0 Å². The Morgan fingerprint density at radius 2 is 1.07 bits per heavy atom. The highest BCUT2D eigenvalue weighted by Gasteiger charge is 2.19. The first-order chi connectivity index (χ1) is 13.3. The van der Waals surface area contributed by atoms with Crippen molar-refractivity contribution < 1.29 is 0 Å². The number of hydrogen-bond acceptors (Lipinski definition) is 0. The second kappa shape index (κ2) is 15.5. The quantitative estimate of drug-likeness (QED) is 0.409. The monoisotopic (exact) mass is 368 g/mol. The fourth-order valence-electron chi connectivity index (χ4n) is 3.42. The van der Waals surface area contributed by atoms with Crippen LogP contribution in [0, 0.1) is 0 Å². The van der Waals surface area contributed by atoms with Gasteiger partial charge in [0.2, 0.25) is 0 Å². The zero-order chi connectivity index (χ0) is 20.7. The van der Waals surface area contributed by atoms with Crippen LogP contribution in [-0.4, -0.2) is 0 Å². The minimum atomic E-state index is 1.13. The minimum absolute atomic E-state index is 1.13. The van der Waals surface area contributed by atoms with Gasteiger partial charge in [0.25, 0.3) is 0 Å². The van der Waals surface area contributed by atoms with Gasteiger partial charge in [-0.25, -0.2) is 0 Å². The maximum absolute atomic E-state index is 2.37. The molecular weight excluding hydrogens is 324 g/mol. The normalized spacial score (nSPS) is 16.9. The SMILES string of the molecule is CC.CC.CC.CCCCCC1=CC=C(C2=CC=C(C3=CC=C(C)C3)C2)C1. The summed E-state index contributed by atoms with van der Waals surface area (Å²) >= 11 is 0. The van der Waals surface area contributed by atoms with Gasteiger partial charge >= 0.3 is 0 Å². The van der Waals surface area contributed by atoms with Crippen LogP contribution in [0.15, 0.2) is 69.9 Å². The van der Waals surface area contributed by atoms with Crippen molar-refractivity contribution in [3.8, 4) is 0 Å². The first-order valence-electron chi connectivity index (χ1n) is 11.4. The van der Waals surface area contributed by atoms with Crippen LogP contribution in [0.4, 0.5) is 0 Å². The molecule has 0 fully saturated rings. The molecule has 0 aromatic rings. The lowest BCUT2D eigenvalue weighted by atomic mass is 9.95. The van der Waals surface area contributed by atoms with E-state index in [-0.39, 0.29) is 0 Å². The van der Waals surface area contributed by atoms with Gasteiger partial charge in [0, 0.05) is 0 Å². The van der Waals surface area contributed by atoms with Gasteiger partial charge in [0.15, 0.2) is 0 Å². The first-order valence-corrected chi connectivity index (χ1v) is 11.4. The molecule has 0 unspecified atom stereocenters. The van der Waals surface area contributed by atoms with Gasteiger partial charge in [-0.15, -0.1) is 0 Å².